The lowest BCUT2D eigenvalue weighted by Crippen LogP contribution is -3.05. The predicted octanol–water partition coefficient (Wildman–Crippen LogP) is 2.89. The minimum Gasteiger partial charge on any atom is -0.496 e. The summed E-state index contributed by atoms with van der Waals surface area (Å²) in [5, 5.41) is 0.693. The first-order valence-corrected chi connectivity index (χ1v) is 10.6. The number of aromatic nitrogens is 1. The van der Waals surface area contributed by atoms with Gasteiger partial charge in [-0.15, -0.1) is 0 Å². The van der Waals surface area contributed by atoms with Crippen LogP contribution >= 0.6 is 11.3 Å². The molecule has 1 amide bonds. The molecule has 0 unspecified atom stereocenters. The third-order valence-corrected chi connectivity index (χ3v) is 5.57. The van der Waals surface area contributed by atoms with E-state index in [2.05, 4.69) is 14.1 Å². The maximum atomic E-state index is 13.4. The van der Waals surface area contributed by atoms with E-state index in [0.29, 0.717) is 29.6 Å². The summed E-state index contributed by atoms with van der Waals surface area (Å²) in [6.07, 6.45) is 0.878. The predicted molar refractivity (Wildman–Crippen MR) is 118 cm³/mol. The molecule has 3 aromatic rings. The average molecular weight is 415 g/mol. The molecule has 2 aromatic carbocycles. The Morgan fingerprint density at radius 2 is 2.00 bits per heavy atom. The fourth-order valence-corrected chi connectivity index (χ4v) is 4.12. The largest absolute Gasteiger partial charge is 0.496 e. The van der Waals surface area contributed by atoms with Crippen LogP contribution in [0.3, 0.4) is 0 Å². The highest BCUT2D eigenvalue weighted by molar-refractivity contribution is 7.22. The zero-order valence-corrected chi connectivity index (χ0v) is 18.2. The summed E-state index contributed by atoms with van der Waals surface area (Å²) in [7, 11) is 5.80. The van der Waals surface area contributed by atoms with Gasteiger partial charge in [0.1, 0.15) is 11.5 Å². The normalized spacial score (nSPS) is 11.1. The van der Waals surface area contributed by atoms with E-state index in [1.807, 2.05) is 43.3 Å². The zero-order chi connectivity index (χ0) is 20.8. The third-order valence-electron chi connectivity index (χ3n) is 4.53. The first kappa shape index (κ1) is 21.1. The SMILES string of the molecule is CCOc1ccc2nc(N(CCC[NH+](C)C)C(=O)c3ccccc3OC)sc2c1. The second-order valence-electron chi connectivity index (χ2n) is 7.03. The van der Waals surface area contributed by atoms with Crippen LogP contribution in [0.4, 0.5) is 5.13 Å². The van der Waals surface area contributed by atoms with Crippen molar-refractivity contribution >= 4 is 32.6 Å². The molecular weight excluding hydrogens is 386 g/mol. The Hall–Kier alpha value is -2.64. The molecule has 154 valence electrons. The molecule has 0 aliphatic heterocycles. The fraction of sp³-hybridized carbons (Fsp3) is 0.364. The molecule has 0 radical (unpaired) electrons. The summed E-state index contributed by atoms with van der Waals surface area (Å²) in [5.41, 5.74) is 1.41. The van der Waals surface area contributed by atoms with E-state index in [-0.39, 0.29) is 5.91 Å². The Balaban J connectivity index is 1.96. The Kier molecular flexibility index (Phi) is 7.06. The topological polar surface area (TPSA) is 56.1 Å². The van der Waals surface area contributed by atoms with Crippen molar-refractivity contribution in [2.75, 3.05) is 45.8 Å². The van der Waals surface area contributed by atoms with Gasteiger partial charge in [0.2, 0.25) is 0 Å². The minimum atomic E-state index is -0.0970. The number of para-hydroxylation sites is 1. The van der Waals surface area contributed by atoms with Crippen molar-refractivity contribution in [1.29, 1.82) is 0 Å². The summed E-state index contributed by atoms with van der Waals surface area (Å²) >= 11 is 1.51. The number of methoxy groups -OCH3 is 1. The van der Waals surface area contributed by atoms with Crippen molar-refractivity contribution in [3.63, 3.8) is 0 Å². The number of anilines is 1. The lowest BCUT2D eigenvalue weighted by atomic mass is 10.1. The van der Waals surface area contributed by atoms with Crippen LogP contribution < -0.4 is 19.3 Å². The van der Waals surface area contributed by atoms with Crippen LogP contribution in [-0.2, 0) is 0 Å². The van der Waals surface area contributed by atoms with Gasteiger partial charge in [-0.25, -0.2) is 4.98 Å². The molecule has 7 heteroatoms. The Morgan fingerprint density at radius 3 is 2.72 bits per heavy atom. The van der Waals surface area contributed by atoms with E-state index < -0.39 is 0 Å². The number of benzene rings is 2. The van der Waals surface area contributed by atoms with E-state index in [9.17, 15) is 4.79 Å². The third kappa shape index (κ3) is 5.05. The van der Waals surface area contributed by atoms with Gasteiger partial charge in [0, 0.05) is 13.0 Å². The number of carbonyl (C=O) groups is 1. The Labute approximate surface area is 175 Å². The van der Waals surface area contributed by atoms with Crippen molar-refractivity contribution < 1.29 is 19.2 Å². The van der Waals surface area contributed by atoms with Crippen molar-refractivity contribution in [2.24, 2.45) is 0 Å². The monoisotopic (exact) mass is 414 g/mol. The van der Waals surface area contributed by atoms with E-state index in [1.54, 1.807) is 18.1 Å². The van der Waals surface area contributed by atoms with Crippen molar-refractivity contribution in [1.82, 2.24) is 4.98 Å². The highest BCUT2D eigenvalue weighted by Gasteiger charge is 2.24. The minimum absolute atomic E-state index is 0.0970. The van der Waals surface area contributed by atoms with Gasteiger partial charge < -0.3 is 14.4 Å². The summed E-state index contributed by atoms with van der Waals surface area (Å²) in [4.78, 5) is 21.3. The van der Waals surface area contributed by atoms with Crippen LogP contribution in [-0.4, -0.2) is 51.8 Å². The van der Waals surface area contributed by atoms with Crippen LogP contribution in [0.1, 0.15) is 23.7 Å². The number of quaternary nitrogens is 1. The highest BCUT2D eigenvalue weighted by atomic mass is 32.1. The summed E-state index contributed by atoms with van der Waals surface area (Å²) in [5.74, 6) is 1.29. The molecule has 6 nitrogen and oxygen atoms in total. The first-order chi connectivity index (χ1) is 14.0. The Bertz CT molecular complexity index is 971. The van der Waals surface area contributed by atoms with Crippen LogP contribution in [0.5, 0.6) is 11.5 Å². The number of ether oxygens (including phenoxy) is 2. The highest BCUT2D eigenvalue weighted by Crippen LogP contribution is 2.33. The number of nitrogens with one attached hydrogen (secondary N) is 1. The molecule has 1 N–H and O–H groups in total. The van der Waals surface area contributed by atoms with Gasteiger partial charge in [0.05, 0.1) is 50.1 Å². The molecule has 0 fully saturated rings. The first-order valence-electron chi connectivity index (χ1n) is 9.80. The molecule has 1 heterocycles. The van der Waals surface area contributed by atoms with Crippen molar-refractivity contribution in [2.45, 2.75) is 13.3 Å². The van der Waals surface area contributed by atoms with Gasteiger partial charge >= 0.3 is 0 Å². The summed E-state index contributed by atoms with van der Waals surface area (Å²) < 4.78 is 12.0. The average Bonchev–Trinajstić information content (AvgIpc) is 3.13. The number of amides is 1. The smallest absolute Gasteiger partial charge is 0.263 e. The molecule has 0 atom stereocenters. The number of nitrogens with zero attached hydrogens (tertiary/aromatic N) is 2. The van der Waals surface area contributed by atoms with Crippen LogP contribution in [0, 0.1) is 0 Å². The molecule has 0 saturated heterocycles. The molecule has 0 aliphatic rings. The number of hydrogen-bond donors (Lipinski definition) is 1. The number of rotatable bonds is 9. The molecule has 1 aromatic heterocycles. The van der Waals surface area contributed by atoms with Crippen LogP contribution in [0.2, 0.25) is 0 Å². The van der Waals surface area contributed by atoms with E-state index >= 15 is 0 Å². The van der Waals surface area contributed by atoms with Gasteiger partial charge in [-0.3, -0.25) is 9.69 Å². The number of thiazole rings is 1. The second kappa shape index (κ2) is 9.71. The lowest BCUT2D eigenvalue weighted by Gasteiger charge is -2.21. The number of carbonyl (C=O) groups excluding carboxylic acids is 1. The molecule has 0 bridgehead atoms. The van der Waals surface area contributed by atoms with Gasteiger partial charge in [-0.2, -0.15) is 0 Å². The summed E-state index contributed by atoms with van der Waals surface area (Å²) in [6, 6.07) is 13.2. The van der Waals surface area contributed by atoms with Gasteiger partial charge in [-0.05, 0) is 37.3 Å². The molecule has 29 heavy (non-hydrogen) atoms. The maximum absolute atomic E-state index is 13.4. The quantitative estimate of drug-likeness (QED) is 0.585. The van der Waals surface area contributed by atoms with Gasteiger partial charge in [0.15, 0.2) is 5.13 Å². The second-order valence-corrected chi connectivity index (χ2v) is 8.04. The molecule has 0 spiro atoms. The maximum Gasteiger partial charge on any atom is 0.263 e. The fourth-order valence-electron chi connectivity index (χ4n) is 3.11. The van der Waals surface area contributed by atoms with E-state index in [0.717, 1.165) is 28.9 Å². The molecule has 3 rings (SSSR count). The number of fused-ring (bicyclic) bond motifs is 1. The standard InChI is InChI=1S/C22H27N3O3S/c1-5-28-16-11-12-18-20(15-16)29-22(23-18)25(14-8-13-24(2)3)21(26)17-9-6-7-10-19(17)27-4/h6-7,9-12,15H,5,8,13-14H2,1-4H3/p+1. The Morgan fingerprint density at radius 1 is 1.21 bits per heavy atom. The van der Waals surface area contributed by atoms with E-state index in [1.165, 1.54) is 16.2 Å². The van der Waals surface area contributed by atoms with Crippen LogP contribution in [0.15, 0.2) is 42.5 Å². The molecule has 0 aliphatic carbocycles. The number of hydrogen-bond acceptors (Lipinski definition) is 5. The molecule has 0 saturated carbocycles. The van der Waals surface area contributed by atoms with Crippen LogP contribution in [0.25, 0.3) is 10.2 Å². The van der Waals surface area contributed by atoms with Crippen molar-refractivity contribution in [3.8, 4) is 11.5 Å². The lowest BCUT2D eigenvalue weighted by molar-refractivity contribution is -0.858. The zero-order valence-electron chi connectivity index (χ0n) is 17.4. The van der Waals surface area contributed by atoms with E-state index in [4.69, 9.17) is 14.5 Å². The van der Waals surface area contributed by atoms with Gasteiger partial charge in [-0.1, -0.05) is 23.5 Å². The van der Waals surface area contributed by atoms with Gasteiger partial charge in [0.25, 0.3) is 5.91 Å². The van der Waals surface area contributed by atoms with Crippen molar-refractivity contribution in [3.05, 3.63) is 48.0 Å². The summed E-state index contributed by atoms with van der Waals surface area (Å²) in [6.45, 7) is 4.14. The molecular formula is C22H28N3O3S+.